The molecule has 2 N–H and O–H groups in total. The van der Waals surface area contributed by atoms with Gasteiger partial charge in [-0.15, -0.1) is 0 Å². The summed E-state index contributed by atoms with van der Waals surface area (Å²) in [6.45, 7) is 0. The van der Waals surface area contributed by atoms with Crippen LogP contribution in [0.5, 0.6) is 5.75 Å². The molecule has 4 nitrogen and oxygen atoms in total. The molecule has 0 aliphatic carbocycles. The van der Waals surface area contributed by atoms with Crippen LogP contribution in [-0.2, 0) is 4.79 Å². The van der Waals surface area contributed by atoms with Crippen LogP contribution in [0, 0.1) is 0 Å². The molecule has 66 valence electrons. The molecule has 2 rings (SSSR count). The maximum atomic E-state index is 10.8. The summed E-state index contributed by atoms with van der Waals surface area (Å²) in [5.41, 5.74) is 5.79. The van der Waals surface area contributed by atoms with Crippen molar-refractivity contribution in [2.24, 2.45) is 10.7 Å². The number of carbonyl (C=O) groups excluding carboxylic acids is 1. The van der Waals surface area contributed by atoms with Crippen LogP contribution in [0.1, 0.15) is 0 Å². The topological polar surface area (TPSA) is 64.7 Å². The molecule has 1 amide bonds. The van der Waals surface area contributed by atoms with Gasteiger partial charge in [0.1, 0.15) is 11.4 Å². The van der Waals surface area contributed by atoms with Crippen LogP contribution in [0.4, 0.5) is 5.69 Å². The minimum absolute atomic E-state index is 0.529. The molecular formula is C9H8N2O2. The third-order valence-corrected chi connectivity index (χ3v) is 1.75. The number of para-hydroxylation sites is 2. The predicted octanol–water partition coefficient (Wildman–Crippen LogP) is 0.635. The number of amides is 1. The van der Waals surface area contributed by atoms with E-state index in [1.807, 2.05) is 18.2 Å². The lowest BCUT2D eigenvalue weighted by atomic mass is 10.2. The van der Waals surface area contributed by atoms with Gasteiger partial charge in [-0.25, -0.2) is 0 Å². The highest BCUT2D eigenvalue weighted by Gasteiger charge is 2.19. The molecule has 1 unspecified atom stereocenters. The fourth-order valence-electron chi connectivity index (χ4n) is 1.11. The molecule has 0 fully saturated rings. The number of aliphatic imine (C=N–C) groups is 1. The van der Waals surface area contributed by atoms with E-state index in [-0.39, 0.29) is 0 Å². The fraction of sp³-hybridized carbons (Fsp3) is 0.111. The van der Waals surface area contributed by atoms with Gasteiger partial charge in [0.25, 0.3) is 5.91 Å². The quantitative estimate of drug-likeness (QED) is 0.682. The van der Waals surface area contributed by atoms with Crippen LogP contribution in [0.3, 0.4) is 0 Å². The van der Waals surface area contributed by atoms with E-state index in [1.54, 1.807) is 6.07 Å². The Kier molecular flexibility index (Phi) is 1.73. The molecule has 0 aromatic heterocycles. The lowest BCUT2D eigenvalue weighted by molar-refractivity contribution is -0.121. The normalized spacial score (nSPS) is 18.9. The third kappa shape index (κ3) is 1.38. The third-order valence-electron chi connectivity index (χ3n) is 1.75. The lowest BCUT2D eigenvalue weighted by Gasteiger charge is -2.17. The molecule has 0 spiro atoms. The number of carbonyl (C=O) groups is 1. The summed E-state index contributed by atoms with van der Waals surface area (Å²) in [6, 6.07) is 7.23. The number of ether oxygens (including phenoxy) is 1. The molecule has 13 heavy (non-hydrogen) atoms. The summed E-state index contributed by atoms with van der Waals surface area (Å²) >= 11 is 0. The first-order chi connectivity index (χ1) is 6.27. The van der Waals surface area contributed by atoms with Crippen LogP contribution in [0.2, 0.25) is 0 Å². The second-order valence-corrected chi connectivity index (χ2v) is 2.69. The summed E-state index contributed by atoms with van der Waals surface area (Å²) in [5, 5.41) is 0. The van der Waals surface area contributed by atoms with Gasteiger partial charge in [-0.1, -0.05) is 12.1 Å². The molecule has 0 saturated heterocycles. The molecule has 4 heteroatoms. The van der Waals surface area contributed by atoms with E-state index < -0.39 is 12.0 Å². The van der Waals surface area contributed by atoms with Gasteiger partial charge in [0.15, 0.2) is 0 Å². The highest BCUT2D eigenvalue weighted by atomic mass is 16.5. The van der Waals surface area contributed by atoms with Crippen molar-refractivity contribution in [2.45, 2.75) is 6.10 Å². The maximum absolute atomic E-state index is 10.8. The average Bonchev–Trinajstić information content (AvgIpc) is 2.17. The SMILES string of the molecule is NC(=O)C1C=Nc2ccccc2O1. The van der Waals surface area contributed by atoms with Crippen LogP contribution in [0.15, 0.2) is 29.3 Å². The van der Waals surface area contributed by atoms with Gasteiger partial charge in [0.05, 0.1) is 6.21 Å². The molecule has 1 aromatic carbocycles. The van der Waals surface area contributed by atoms with Crippen molar-refractivity contribution in [2.75, 3.05) is 0 Å². The predicted molar refractivity (Wildman–Crippen MR) is 48.2 cm³/mol. The van der Waals surface area contributed by atoms with Crippen molar-refractivity contribution in [3.05, 3.63) is 24.3 Å². The molecule has 0 bridgehead atoms. The Morgan fingerprint density at radius 1 is 1.46 bits per heavy atom. The maximum Gasteiger partial charge on any atom is 0.264 e. The summed E-state index contributed by atoms with van der Waals surface area (Å²) < 4.78 is 5.27. The second-order valence-electron chi connectivity index (χ2n) is 2.69. The molecule has 1 aromatic rings. The van der Waals surface area contributed by atoms with E-state index in [1.165, 1.54) is 6.21 Å². The van der Waals surface area contributed by atoms with Crippen molar-refractivity contribution >= 4 is 17.8 Å². The van der Waals surface area contributed by atoms with Crippen molar-refractivity contribution in [3.63, 3.8) is 0 Å². The summed E-state index contributed by atoms with van der Waals surface area (Å²) in [7, 11) is 0. The fourth-order valence-corrected chi connectivity index (χ4v) is 1.11. The largest absolute Gasteiger partial charge is 0.473 e. The number of rotatable bonds is 1. The Bertz CT molecular complexity index is 374. The molecule has 0 radical (unpaired) electrons. The van der Waals surface area contributed by atoms with Gasteiger partial charge in [-0.3, -0.25) is 9.79 Å². The molecule has 1 heterocycles. The van der Waals surface area contributed by atoms with Gasteiger partial charge in [-0.2, -0.15) is 0 Å². The number of hydrogen-bond acceptors (Lipinski definition) is 3. The molecule has 0 saturated carbocycles. The standard InChI is InChI=1S/C9H8N2O2/c10-9(12)8-5-11-6-3-1-2-4-7(6)13-8/h1-5,8H,(H2,10,12). The minimum Gasteiger partial charge on any atom is -0.473 e. The molecule has 1 atom stereocenters. The first kappa shape index (κ1) is 7.79. The highest BCUT2D eigenvalue weighted by molar-refractivity contribution is 5.97. The Balaban J connectivity index is 2.34. The summed E-state index contributed by atoms with van der Waals surface area (Å²) in [4.78, 5) is 14.8. The van der Waals surface area contributed by atoms with Crippen LogP contribution in [-0.4, -0.2) is 18.2 Å². The van der Waals surface area contributed by atoms with Crippen LogP contribution >= 0.6 is 0 Å². The Morgan fingerprint density at radius 3 is 3.00 bits per heavy atom. The number of benzene rings is 1. The van der Waals surface area contributed by atoms with E-state index in [9.17, 15) is 4.79 Å². The van der Waals surface area contributed by atoms with Crippen molar-refractivity contribution in [1.82, 2.24) is 0 Å². The van der Waals surface area contributed by atoms with Crippen molar-refractivity contribution < 1.29 is 9.53 Å². The first-order valence-corrected chi connectivity index (χ1v) is 3.86. The lowest BCUT2D eigenvalue weighted by Crippen LogP contribution is -2.36. The van der Waals surface area contributed by atoms with Gasteiger partial charge in [0.2, 0.25) is 6.10 Å². The van der Waals surface area contributed by atoms with Crippen molar-refractivity contribution in [1.29, 1.82) is 0 Å². The van der Waals surface area contributed by atoms with Gasteiger partial charge < -0.3 is 10.5 Å². The van der Waals surface area contributed by atoms with E-state index in [4.69, 9.17) is 10.5 Å². The van der Waals surface area contributed by atoms with Crippen LogP contribution in [0.25, 0.3) is 0 Å². The zero-order chi connectivity index (χ0) is 9.26. The number of fused-ring (bicyclic) bond motifs is 1. The summed E-state index contributed by atoms with van der Waals surface area (Å²) in [6.07, 6.45) is 0.667. The van der Waals surface area contributed by atoms with Crippen LogP contribution < -0.4 is 10.5 Å². The zero-order valence-corrected chi connectivity index (χ0v) is 6.81. The number of nitrogens with zero attached hydrogens (tertiary/aromatic N) is 1. The Morgan fingerprint density at radius 2 is 2.23 bits per heavy atom. The van der Waals surface area contributed by atoms with Gasteiger partial charge in [0, 0.05) is 0 Å². The number of primary amides is 1. The number of nitrogens with two attached hydrogens (primary N) is 1. The van der Waals surface area contributed by atoms with Gasteiger partial charge >= 0.3 is 0 Å². The van der Waals surface area contributed by atoms with E-state index >= 15 is 0 Å². The van der Waals surface area contributed by atoms with E-state index in [0.29, 0.717) is 5.75 Å². The van der Waals surface area contributed by atoms with E-state index in [0.717, 1.165) is 5.69 Å². The Hall–Kier alpha value is -1.84. The first-order valence-electron chi connectivity index (χ1n) is 3.86. The molecule has 1 aliphatic heterocycles. The zero-order valence-electron chi connectivity index (χ0n) is 6.81. The number of hydrogen-bond donors (Lipinski definition) is 1. The highest BCUT2D eigenvalue weighted by Crippen LogP contribution is 2.29. The molecular weight excluding hydrogens is 168 g/mol. The smallest absolute Gasteiger partial charge is 0.264 e. The van der Waals surface area contributed by atoms with E-state index in [2.05, 4.69) is 4.99 Å². The minimum atomic E-state index is -0.741. The summed E-state index contributed by atoms with van der Waals surface area (Å²) in [5.74, 6) is 0.0621. The van der Waals surface area contributed by atoms with Crippen molar-refractivity contribution in [3.8, 4) is 5.75 Å². The monoisotopic (exact) mass is 176 g/mol. The Labute approximate surface area is 75.0 Å². The second kappa shape index (κ2) is 2.90. The van der Waals surface area contributed by atoms with Gasteiger partial charge in [-0.05, 0) is 12.1 Å². The average molecular weight is 176 g/mol. The molecule has 1 aliphatic rings.